The van der Waals surface area contributed by atoms with Gasteiger partial charge in [0.2, 0.25) is 10.0 Å². The van der Waals surface area contributed by atoms with Crippen molar-refractivity contribution in [2.45, 2.75) is 10.4 Å². The molecule has 1 aromatic heterocycles. The van der Waals surface area contributed by atoms with Crippen LogP contribution in [0, 0.1) is 0 Å². The number of hydrogen-bond donors (Lipinski definition) is 3. The normalized spacial score (nSPS) is 12.4. The number of nitrogens with two attached hydrogens (primary N) is 1. The first kappa shape index (κ1) is 17.5. The molecule has 114 valence electrons. The van der Waals surface area contributed by atoms with Crippen LogP contribution in [0.4, 0.5) is 19.0 Å². The Morgan fingerprint density at radius 1 is 1.45 bits per heavy atom. The SMILES string of the molecule is NNc1ncc(Br)cc1S(=O)(=O)NCCSC(F)(F)F. The predicted molar refractivity (Wildman–Crippen MR) is 73.4 cm³/mol. The van der Waals surface area contributed by atoms with Crippen LogP contribution in [0.5, 0.6) is 0 Å². The van der Waals surface area contributed by atoms with Crippen LogP contribution in [0.25, 0.3) is 0 Å². The van der Waals surface area contributed by atoms with Gasteiger partial charge in [-0.05, 0) is 33.8 Å². The summed E-state index contributed by atoms with van der Waals surface area (Å²) in [5.74, 6) is 4.59. The summed E-state index contributed by atoms with van der Waals surface area (Å²) in [7, 11) is -4.01. The van der Waals surface area contributed by atoms with Gasteiger partial charge in [-0.15, -0.1) is 0 Å². The van der Waals surface area contributed by atoms with Crippen LogP contribution in [-0.4, -0.2) is 31.2 Å². The number of rotatable bonds is 6. The third-order valence-electron chi connectivity index (χ3n) is 1.91. The number of hydrogen-bond acceptors (Lipinski definition) is 6. The molecule has 0 spiro atoms. The van der Waals surface area contributed by atoms with Crippen molar-refractivity contribution in [2.75, 3.05) is 17.7 Å². The monoisotopic (exact) mass is 394 g/mol. The lowest BCUT2D eigenvalue weighted by atomic mass is 10.5. The van der Waals surface area contributed by atoms with Crippen LogP contribution in [0.15, 0.2) is 21.6 Å². The molecule has 0 bridgehead atoms. The van der Waals surface area contributed by atoms with E-state index in [1.807, 2.05) is 4.72 Å². The first-order valence-corrected chi connectivity index (χ1v) is 8.24. The van der Waals surface area contributed by atoms with Gasteiger partial charge in [-0.2, -0.15) is 13.2 Å². The Morgan fingerprint density at radius 3 is 2.65 bits per heavy atom. The van der Waals surface area contributed by atoms with Gasteiger partial charge < -0.3 is 5.43 Å². The van der Waals surface area contributed by atoms with E-state index in [0.717, 1.165) is 0 Å². The second kappa shape index (κ2) is 6.93. The molecule has 4 N–H and O–H groups in total. The molecule has 1 rings (SSSR count). The zero-order valence-electron chi connectivity index (χ0n) is 9.74. The Kier molecular flexibility index (Phi) is 6.06. The number of thioether (sulfide) groups is 1. The average molecular weight is 395 g/mol. The fourth-order valence-electron chi connectivity index (χ4n) is 1.15. The Bertz CT molecular complexity index is 567. The number of alkyl halides is 3. The fraction of sp³-hybridized carbons (Fsp3) is 0.375. The summed E-state index contributed by atoms with van der Waals surface area (Å²) in [5.41, 5.74) is -2.29. The number of pyridine rings is 1. The number of sulfonamides is 1. The highest BCUT2D eigenvalue weighted by atomic mass is 79.9. The quantitative estimate of drug-likeness (QED) is 0.385. The largest absolute Gasteiger partial charge is 0.441 e. The van der Waals surface area contributed by atoms with Gasteiger partial charge in [-0.1, -0.05) is 0 Å². The third kappa shape index (κ3) is 5.44. The Balaban J connectivity index is 2.77. The van der Waals surface area contributed by atoms with Gasteiger partial charge in [0.25, 0.3) is 0 Å². The molecule has 0 aromatic carbocycles. The zero-order chi connectivity index (χ0) is 15.4. The van der Waals surface area contributed by atoms with Gasteiger partial charge in [0, 0.05) is 23.0 Å². The first-order valence-electron chi connectivity index (χ1n) is 4.98. The standard InChI is InChI=1S/C8H10BrF3N4O2S2/c9-5-3-6(7(16-13)14-4-5)20(17,18)15-1-2-19-8(10,11)12/h3-4,15H,1-2,13H2,(H,14,16). The number of nitrogen functional groups attached to an aromatic ring is 1. The van der Waals surface area contributed by atoms with Crippen molar-refractivity contribution in [1.82, 2.24) is 9.71 Å². The number of hydrazine groups is 1. The minimum atomic E-state index is -4.40. The van der Waals surface area contributed by atoms with E-state index in [1.165, 1.54) is 12.3 Å². The second-order valence-corrected chi connectivity index (χ2v) is 7.15. The molecule has 12 heteroatoms. The number of anilines is 1. The summed E-state index contributed by atoms with van der Waals surface area (Å²) < 4.78 is 62.0. The zero-order valence-corrected chi connectivity index (χ0v) is 13.0. The molecule has 0 fully saturated rings. The van der Waals surface area contributed by atoms with Crippen molar-refractivity contribution in [2.24, 2.45) is 5.84 Å². The second-order valence-electron chi connectivity index (χ2n) is 3.34. The van der Waals surface area contributed by atoms with Crippen LogP contribution < -0.4 is 16.0 Å². The lowest BCUT2D eigenvalue weighted by Gasteiger charge is -2.11. The van der Waals surface area contributed by atoms with Crippen molar-refractivity contribution in [1.29, 1.82) is 0 Å². The van der Waals surface area contributed by atoms with Crippen LogP contribution in [0.2, 0.25) is 0 Å². The maximum Gasteiger partial charge on any atom is 0.441 e. The summed E-state index contributed by atoms with van der Waals surface area (Å²) >= 11 is 2.74. The van der Waals surface area contributed by atoms with E-state index in [9.17, 15) is 21.6 Å². The Hall–Kier alpha value is -0.560. The smallest absolute Gasteiger partial charge is 0.307 e. The molecule has 0 amide bonds. The van der Waals surface area contributed by atoms with Gasteiger partial charge >= 0.3 is 5.51 Å². The van der Waals surface area contributed by atoms with Gasteiger partial charge in [-0.3, -0.25) is 0 Å². The molecule has 6 nitrogen and oxygen atoms in total. The van der Waals surface area contributed by atoms with E-state index in [-0.39, 0.29) is 29.0 Å². The first-order chi connectivity index (χ1) is 9.15. The van der Waals surface area contributed by atoms with Crippen molar-refractivity contribution < 1.29 is 21.6 Å². The maximum absolute atomic E-state index is 11.9. The van der Waals surface area contributed by atoms with E-state index in [1.54, 1.807) is 0 Å². The lowest BCUT2D eigenvalue weighted by molar-refractivity contribution is -0.0327. The molecule has 0 unspecified atom stereocenters. The molecule has 0 aliphatic rings. The fourth-order valence-corrected chi connectivity index (χ4v) is 3.38. The van der Waals surface area contributed by atoms with Crippen molar-refractivity contribution in [3.63, 3.8) is 0 Å². The molecule has 1 heterocycles. The molecule has 0 radical (unpaired) electrons. The molecule has 1 aromatic rings. The molecule has 0 atom stereocenters. The molecule has 0 saturated heterocycles. The highest BCUT2D eigenvalue weighted by molar-refractivity contribution is 9.10. The average Bonchev–Trinajstić information content (AvgIpc) is 2.33. The van der Waals surface area contributed by atoms with Gasteiger partial charge in [0.1, 0.15) is 4.90 Å². The van der Waals surface area contributed by atoms with E-state index in [2.05, 4.69) is 26.3 Å². The number of nitrogens with zero attached hydrogens (tertiary/aromatic N) is 1. The molecular formula is C8H10BrF3N4O2S2. The van der Waals surface area contributed by atoms with Crippen molar-refractivity contribution in [3.8, 4) is 0 Å². The summed E-state index contributed by atoms with van der Waals surface area (Å²) in [6.07, 6.45) is 1.33. The highest BCUT2D eigenvalue weighted by Gasteiger charge is 2.28. The minimum absolute atomic E-state index is 0.107. The van der Waals surface area contributed by atoms with Gasteiger partial charge in [-0.25, -0.2) is 24.0 Å². The maximum atomic E-state index is 11.9. The Labute approximate surface area is 125 Å². The third-order valence-corrected chi connectivity index (χ3v) is 4.55. The number of aromatic nitrogens is 1. The van der Waals surface area contributed by atoms with Crippen LogP contribution >= 0.6 is 27.7 Å². The van der Waals surface area contributed by atoms with E-state index < -0.39 is 21.3 Å². The minimum Gasteiger partial charge on any atom is -0.307 e. The molecule has 0 aliphatic heterocycles. The van der Waals surface area contributed by atoms with Gasteiger partial charge in [0.15, 0.2) is 5.82 Å². The van der Waals surface area contributed by atoms with E-state index in [4.69, 9.17) is 5.84 Å². The van der Waals surface area contributed by atoms with Gasteiger partial charge in [0.05, 0.1) is 0 Å². The highest BCUT2D eigenvalue weighted by Crippen LogP contribution is 2.29. The van der Waals surface area contributed by atoms with Crippen LogP contribution in [0.1, 0.15) is 0 Å². The summed E-state index contributed by atoms with van der Waals surface area (Å²) in [6.45, 7) is -0.372. The van der Waals surface area contributed by atoms with E-state index >= 15 is 0 Å². The summed E-state index contributed by atoms with van der Waals surface area (Å²) in [6, 6.07) is 1.24. The van der Waals surface area contributed by atoms with Crippen molar-refractivity contribution in [3.05, 3.63) is 16.7 Å². The van der Waals surface area contributed by atoms with Crippen molar-refractivity contribution >= 4 is 43.5 Å². The summed E-state index contributed by atoms with van der Waals surface area (Å²) in [5, 5.41) is 0. The number of nitrogens with one attached hydrogen (secondary N) is 2. The molecular weight excluding hydrogens is 385 g/mol. The number of halogens is 4. The van der Waals surface area contributed by atoms with Crippen LogP contribution in [0.3, 0.4) is 0 Å². The summed E-state index contributed by atoms with van der Waals surface area (Å²) in [4.78, 5) is 3.49. The molecule has 20 heavy (non-hydrogen) atoms. The topological polar surface area (TPSA) is 97.1 Å². The predicted octanol–water partition coefficient (Wildman–Crippen LogP) is 1.66. The lowest BCUT2D eigenvalue weighted by Crippen LogP contribution is -2.28. The molecule has 0 saturated carbocycles. The van der Waals surface area contributed by atoms with Crippen LogP contribution in [-0.2, 0) is 10.0 Å². The van der Waals surface area contributed by atoms with E-state index in [0.29, 0.717) is 4.47 Å². The molecule has 0 aliphatic carbocycles. The Morgan fingerprint density at radius 2 is 2.10 bits per heavy atom.